The number of aromatic carboxylic acids is 1. The highest BCUT2D eigenvalue weighted by atomic mass is 16.5. The number of ether oxygens (including phenoxy) is 2. The van der Waals surface area contributed by atoms with Crippen molar-refractivity contribution >= 4 is 16.9 Å². The van der Waals surface area contributed by atoms with E-state index in [1.807, 2.05) is 30.3 Å². The molecule has 0 saturated carbocycles. The first-order valence-electron chi connectivity index (χ1n) is 15.1. The molecule has 1 unspecified atom stereocenters. The van der Waals surface area contributed by atoms with E-state index in [9.17, 15) is 14.7 Å². The molecule has 2 heterocycles. The van der Waals surface area contributed by atoms with Crippen molar-refractivity contribution in [2.24, 2.45) is 0 Å². The maximum atomic E-state index is 13.2. The molecule has 2 aromatic heterocycles. The fourth-order valence-electron chi connectivity index (χ4n) is 5.19. The minimum absolute atomic E-state index is 0.0189. The van der Waals surface area contributed by atoms with Crippen LogP contribution in [0.3, 0.4) is 0 Å². The number of benzene rings is 2. The Bertz CT molecular complexity index is 1500. The molecular formula is C35H41NO6. The maximum Gasteiger partial charge on any atom is 0.338 e. The summed E-state index contributed by atoms with van der Waals surface area (Å²) in [6.45, 7) is 5.57. The molecule has 0 saturated heterocycles. The fourth-order valence-corrected chi connectivity index (χ4v) is 5.19. The van der Waals surface area contributed by atoms with Crippen molar-refractivity contribution in [3.8, 4) is 28.0 Å². The van der Waals surface area contributed by atoms with Gasteiger partial charge in [0.2, 0.25) is 0 Å². The number of hydrogen-bond donors (Lipinski definition) is 1. The molecule has 0 spiro atoms. The number of carbonyl (C=O) groups is 1. The number of aromatic nitrogens is 1. The van der Waals surface area contributed by atoms with Gasteiger partial charge in [0.15, 0.2) is 5.43 Å². The van der Waals surface area contributed by atoms with Gasteiger partial charge in [-0.3, -0.25) is 9.78 Å². The molecule has 1 N–H and O–H groups in total. The van der Waals surface area contributed by atoms with Crippen molar-refractivity contribution in [1.82, 2.24) is 4.98 Å². The summed E-state index contributed by atoms with van der Waals surface area (Å²) in [7, 11) is 0. The molecular weight excluding hydrogens is 530 g/mol. The number of hydrogen-bond acceptors (Lipinski definition) is 6. The van der Waals surface area contributed by atoms with E-state index in [1.165, 1.54) is 44.3 Å². The number of rotatable bonds is 17. The SMILES string of the molecule is CCCCCCCOC(CCC)CCCOc1cncc(C(=O)O)c1-c1ccc2c(=O)c(-c3ccccc3)coc2c1. The fraction of sp³-hybridized carbons (Fsp3) is 0.400. The van der Waals surface area contributed by atoms with Crippen LogP contribution in [-0.4, -0.2) is 35.4 Å². The van der Waals surface area contributed by atoms with Crippen LogP contribution >= 0.6 is 0 Å². The highest BCUT2D eigenvalue weighted by Gasteiger charge is 2.20. The van der Waals surface area contributed by atoms with Crippen LogP contribution in [0.4, 0.5) is 0 Å². The lowest BCUT2D eigenvalue weighted by Crippen LogP contribution is -2.15. The van der Waals surface area contributed by atoms with Gasteiger partial charge in [-0.05, 0) is 48.9 Å². The normalized spacial score (nSPS) is 12.0. The predicted octanol–water partition coefficient (Wildman–Crippen LogP) is 8.53. The molecule has 0 aliphatic rings. The average molecular weight is 572 g/mol. The Morgan fingerprint density at radius 2 is 1.71 bits per heavy atom. The molecule has 4 aromatic rings. The lowest BCUT2D eigenvalue weighted by Gasteiger charge is -2.18. The first-order valence-corrected chi connectivity index (χ1v) is 15.1. The summed E-state index contributed by atoms with van der Waals surface area (Å²) in [6.07, 6.45) is 14.3. The van der Waals surface area contributed by atoms with Gasteiger partial charge in [0.1, 0.15) is 17.6 Å². The summed E-state index contributed by atoms with van der Waals surface area (Å²) < 4.78 is 18.2. The van der Waals surface area contributed by atoms with Crippen LogP contribution in [-0.2, 0) is 4.74 Å². The standard InChI is InChI=1S/C35H41NO6/c1-3-5-6-7-11-19-40-27(13-4-2)16-12-20-41-32-23-36-22-29(35(38)39)33(32)26-17-18-28-31(21-26)42-24-30(34(28)37)25-14-9-8-10-15-25/h8-10,14-15,17-18,21-24,27H,3-7,11-13,16,19-20H2,1-2H3,(H,38,39). The van der Waals surface area contributed by atoms with Crippen molar-refractivity contribution in [2.45, 2.75) is 77.7 Å². The van der Waals surface area contributed by atoms with Gasteiger partial charge in [-0.15, -0.1) is 0 Å². The van der Waals surface area contributed by atoms with E-state index in [0.717, 1.165) is 44.3 Å². The second-order valence-corrected chi connectivity index (χ2v) is 10.6. The summed E-state index contributed by atoms with van der Waals surface area (Å²) >= 11 is 0. The number of carboxylic acid groups (broad SMARTS) is 1. The third kappa shape index (κ3) is 8.07. The van der Waals surface area contributed by atoms with Crippen molar-refractivity contribution < 1.29 is 23.8 Å². The Balaban J connectivity index is 1.49. The highest BCUT2D eigenvalue weighted by Crippen LogP contribution is 2.35. The molecule has 0 bridgehead atoms. The van der Waals surface area contributed by atoms with Crippen molar-refractivity contribution in [3.63, 3.8) is 0 Å². The monoisotopic (exact) mass is 571 g/mol. The summed E-state index contributed by atoms with van der Waals surface area (Å²) in [5, 5.41) is 10.4. The molecule has 2 aromatic carbocycles. The zero-order valence-corrected chi connectivity index (χ0v) is 24.6. The molecule has 42 heavy (non-hydrogen) atoms. The largest absolute Gasteiger partial charge is 0.491 e. The summed E-state index contributed by atoms with van der Waals surface area (Å²) in [5.41, 5.74) is 2.45. The van der Waals surface area contributed by atoms with E-state index in [0.29, 0.717) is 40.0 Å². The number of pyridine rings is 1. The van der Waals surface area contributed by atoms with Crippen LogP contribution in [0.1, 0.15) is 82.0 Å². The van der Waals surface area contributed by atoms with Gasteiger partial charge in [-0.25, -0.2) is 4.79 Å². The number of carboxylic acids is 1. The van der Waals surface area contributed by atoms with Crippen LogP contribution in [0.25, 0.3) is 33.2 Å². The molecule has 1 atom stereocenters. The molecule has 0 radical (unpaired) electrons. The second kappa shape index (κ2) is 15.9. The van der Waals surface area contributed by atoms with Crippen LogP contribution in [0, 0.1) is 0 Å². The zero-order valence-electron chi connectivity index (χ0n) is 24.6. The highest BCUT2D eigenvalue weighted by molar-refractivity contribution is 5.99. The van der Waals surface area contributed by atoms with Gasteiger partial charge >= 0.3 is 5.97 Å². The van der Waals surface area contributed by atoms with Crippen LogP contribution in [0.15, 0.2) is 76.4 Å². The molecule has 4 rings (SSSR count). The Morgan fingerprint density at radius 3 is 2.48 bits per heavy atom. The van der Waals surface area contributed by atoms with Gasteiger partial charge in [0.25, 0.3) is 0 Å². The third-order valence-corrected chi connectivity index (χ3v) is 7.43. The quantitative estimate of drug-likeness (QED) is 0.127. The second-order valence-electron chi connectivity index (χ2n) is 10.6. The Kier molecular flexibility index (Phi) is 11.7. The molecule has 222 valence electrons. The number of fused-ring (bicyclic) bond motifs is 1. The van der Waals surface area contributed by atoms with Crippen LogP contribution in [0.2, 0.25) is 0 Å². The topological polar surface area (TPSA) is 98.9 Å². The summed E-state index contributed by atoms with van der Waals surface area (Å²) in [5.74, 6) is -0.736. The van der Waals surface area contributed by atoms with E-state index < -0.39 is 5.97 Å². The van der Waals surface area contributed by atoms with Gasteiger partial charge in [0.05, 0.1) is 35.4 Å². The zero-order chi connectivity index (χ0) is 29.7. The number of unbranched alkanes of at least 4 members (excludes halogenated alkanes) is 4. The van der Waals surface area contributed by atoms with E-state index in [2.05, 4.69) is 18.8 Å². The lowest BCUT2D eigenvalue weighted by atomic mass is 9.98. The molecule has 0 fully saturated rings. The van der Waals surface area contributed by atoms with E-state index in [1.54, 1.807) is 18.2 Å². The molecule has 7 heteroatoms. The average Bonchev–Trinajstić information content (AvgIpc) is 3.01. The van der Waals surface area contributed by atoms with Gasteiger partial charge in [0, 0.05) is 18.4 Å². The Morgan fingerprint density at radius 1 is 0.905 bits per heavy atom. The van der Waals surface area contributed by atoms with Gasteiger partial charge in [-0.2, -0.15) is 0 Å². The minimum Gasteiger partial charge on any atom is -0.491 e. The van der Waals surface area contributed by atoms with Crippen molar-refractivity contribution in [3.05, 3.63) is 83.0 Å². The molecule has 7 nitrogen and oxygen atoms in total. The van der Waals surface area contributed by atoms with Gasteiger partial charge in [-0.1, -0.05) is 82.3 Å². The summed E-state index contributed by atoms with van der Waals surface area (Å²) in [4.78, 5) is 29.5. The van der Waals surface area contributed by atoms with Crippen LogP contribution in [0.5, 0.6) is 5.75 Å². The Hall–Kier alpha value is -3.97. The van der Waals surface area contributed by atoms with E-state index in [-0.39, 0.29) is 17.1 Å². The third-order valence-electron chi connectivity index (χ3n) is 7.43. The van der Waals surface area contributed by atoms with Crippen LogP contribution < -0.4 is 10.2 Å². The minimum atomic E-state index is -1.11. The van der Waals surface area contributed by atoms with Crippen molar-refractivity contribution in [2.75, 3.05) is 13.2 Å². The summed E-state index contributed by atoms with van der Waals surface area (Å²) in [6, 6.07) is 14.4. The predicted molar refractivity (Wildman–Crippen MR) is 166 cm³/mol. The first-order chi connectivity index (χ1) is 20.5. The Labute approximate surface area is 247 Å². The van der Waals surface area contributed by atoms with E-state index >= 15 is 0 Å². The molecule has 0 aliphatic heterocycles. The van der Waals surface area contributed by atoms with Gasteiger partial charge < -0.3 is 19.0 Å². The maximum absolute atomic E-state index is 13.2. The van der Waals surface area contributed by atoms with Crippen molar-refractivity contribution in [1.29, 1.82) is 0 Å². The molecule has 0 aliphatic carbocycles. The molecule has 0 amide bonds. The first kappa shape index (κ1) is 31.0. The van der Waals surface area contributed by atoms with E-state index in [4.69, 9.17) is 13.9 Å². The smallest absolute Gasteiger partial charge is 0.338 e. The lowest BCUT2D eigenvalue weighted by molar-refractivity contribution is 0.0350. The number of nitrogens with zero attached hydrogens (tertiary/aromatic N) is 1.